The van der Waals surface area contributed by atoms with E-state index in [1.807, 2.05) is 0 Å². The molecular formula is AlNdO2+2. The van der Waals surface area contributed by atoms with Crippen LogP contribution in [0.4, 0.5) is 0 Å². The minimum atomic E-state index is 0. The van der Waals surface area contributed by atoms with Crippen molar-refractivity contribution >= 4 is 17.4 Å². The normalized spacial score (nSPS) is 0. The fourth-order valence-corrected chi connectivity index (χ4v) is 0. The summed E-state index contributed by atoms with van der Waals surface area (Å²) < 4.78 is 0. The largest absolute Gasteiger partial charge is 3.00 e. The van der Waals surface area contributed by atoms with Gasteiger partial charge in [0, 0.05) is 0 Å². The zero-order chi connectivity index (χ0) is 0. The molecule has 0 aromatic heterocycles. The van der Waals surface area contributed by atoms with Crippen LogP contribution in [0.5, 0.6) is 0 Å². The second-order valence-electron chi connectivity index (χ2n) is 0. The molecule has 0 aliphatic rings. The second-order valence-corrected chi connectivity index (χ2v) is 0. The molecule has 2 nitrogen and oxygen atoms in total. The summed E-state index contributed by atoms with van der Waals surface area (Å²) in [5.41, 5.74) is 0. The number of hydrogen-bond donors (Lipinski definition) is 0. The average molecular weight is 203 g/mol. The molecule has 0 unspecified atom stereocenters. The topological polar surface area (TPSA) is 57.0 Å². The van der Waals surface area contributed by atoms with Gasteiger partial charge in [-0.05, 0) is 0 Å². The van der Waals surface area contributed by atoms with Crippen molar-refractivity contribution in [2.45, 2.75) is 0 Å². The van der Waals surface area contributed by atoms with Crippen LogP contribution in [-0.4, -0.2) is 17.4 Å². The Hall–Kier alpha value is 1.80. The molecule has 4 heavy (non-hydrogen) atoms. The van der Waals surface area contributed by atoms with Crippen molar-refractivity contribution in [2.75, 3.05) is 0 Å². The van der Waals surface area contributed by atoms with Crippen LogP contribution in [0.3, 0.4) is 0 Å². The van der Waals surface area contributed by atoms with Crippen molar-refractivity contribution in [3.63, 3.8) is 0 Å². The smallest absolute Gasteiger partial charge is 2.00 e. The van der Waals surface area contributed by atoms with E-state index in [2.05, 4.69) is 0 Å². The Labute approximate surface area is 68.2 Å². The molecule has 0 aliphatic heterocycles. The van der Waals surface area contributed by atoms with Gasteiger partial charge in [-0.3, -0.25) is 0 Å². The van der Waals surface area contributed by atoms with E-state index in [4.69, 9.17) is 0 Å². The molecule has 1 radical (unpaired) electrons. The van der Waals surface area contributed by atoms with Crippen LogP contribution in [0.2, 0.25) is 0 Å². The van der Waals surface area contributed by atoms with Gasteiger partial charge >= 0.3 is 58.2 Å². The van der Waals surface area contributed by atoms with Crippen molar-refractivity contribution in [2.24, 2.45) is 0 Å². The zero-order valence-corrected chi connectivity index (χ0v) is 6.26. The Morgan fingerprint density at radius 2 is 0.750 bits per heavy atom. The van der Waals surface area contributed by atoms with E-state index in [1.54, 1.807) is 0 Å². The van der Waals surface area contributed by atoms with E-state index in [9.17, 15) is 0 Å². The maximum atomic E-state index is 0. The Morgan fingerprint density at radius 1 is 0.750 bits per heavy atom. The third-order valence-corrected chi connectivity index (χ3v) is 0. The molecule has 0 spiro atoms. The molecule has 0 rings (SSSR count). The number of hydrogen-bond acceptors (Lipinski definition) is 0. The summed E-state index contributed by atoms with van der Waals surface area (Å²) in [6.45, 7) is 0. The monoisotopic (exact) mass is 201 g/mol. The van der Waals surface area contributed by atoms with Gasteiger partial charge in [-0.1, -0.05) is 0 Å². The predicted molar refractivity (Wildman–Crippen MR) is 7.13 cm³/mol. The zero-order valence-electron chi connectivity index (χ0n) is 1.89. The molecule has 0 N–H and O–H groups in total. The maximum Gasteiger partial charge on any atom is 3.00 e. The van der Waals surface area contributed by atoms with E-state index in [0.717, 1.165) is 0 Å². The second kappa shape index (κ2) is 21.4. The molecule has 0 aromatic carbocycles. The van der Waals surface area contributed by atoms with E-state index < -0.39 is 0 Å². The predicted octanol–water partition coefficient (Wildman–Crippen LogP) is -0.618. The molecule has 0 amide bonds. The Bertz CT molecular complexity index is 6.00. The standard InChI is InChI=1S/Al.Nd.2O/q2*+3;2*-2. The van der Waals surface area contributed by atoms with E-state index in [0.29, 0.717) is 0 Å². The first-order chi connectivity index (χ1) is 0. The Kier molecular flexibility index (Phi) is 220. The molecule has 0 bridgehead atoms. The summed E-state index contributed by atoms with van der Waals surface area (Å²) in [5, 5.41) is 0. The van der Waals surface area contributed by atoms with Crippen LogP contribution in [-0.2, 0) is 11.0 Å². The fourth-order valence-electron chi connectivity index (χ4n) is 0. The molecule has 17 valence electrons. The quantitative estimate of drug-likeness (QED) is 0.471. The van der Waals surface area contributed by atoms with Gasteiger partial charge < -0.3 is 11.0 Å². The van der Waals surface area contributed by atoms with Gasteiger partial charge in [-0.25, -0.2) is 0 Å². The minimum Gasteiger partial charge on any atom is -2.00 e. The summed E-state index contributed by atoms with van der Waals surface area (Å²) in [5.74, 6) is 0. The van der Waals surface area contributed by atoms with Gasteiger partial charge in [0.05, 0.1) is 0 Å². The Balaban J connectivity index is 0. The third kappa shape index (κ3) is 9.19. The van der Waals surface area contributed by atoms with Gasteiger partial charge in [0.25, 0.3) is 0 Å². The molecule has 0 saturated heterocycles. The van der Waals surface area contributed by atoms with Crippen molar-refractivity contribution in [1.82, 2.24) is 0 Å². The fraction of sp³-hybridized carbons (Fsp3) is 0. The van der Waals surface area contributed by atoms with Crippen LogP contribution in [0.15, 0.2) is 0 Å². The summed E-state index contributed by atoms with van der Waals surface area (Å²) >= 11 is 0. The summed E-state index contributed by atoms with van der Waals surface area (Å²) in [6.07, 6.45) is 0. The van der Waals surface area contributed by atoms with Crippen LogP contribution < -0.4 is 0 Å². The van der Waals surface area contributed by atoms with Crippen molar-refractivity contribution in [3.8, 4) is 0 Å². The van der Waals surface area contributed by atoms with E-state index in [-0.39, 0.29) is 69.2 Å². The minimum absolute atomic E-state index is 0. The van der Waals surface area contributed by atoms with Crippen LogP contribution in [0, 0.1) is 40.8 Å². The van der Waals surface area contributed by atoms with Crippen molar-refractivity contribution < 1.29 is 51.8 Å². The molecule has 0 aliphatic carbocycles. The van der Waals surface area contributed by atoms with Crippen molar-refractivity contribution in [1.29, 1.82) is 0 Å². The average Bonchev–Trinajstić information content (AvgIpc) is 0. The van der Waals surface area contributed by atoms with Gasteiger partial charge in [-0.15, -0.1) is 0 Å². The van der Waals surface area contributed by atoms with Crippen molar-refractivity contribution in [3.05, 3.63) is 0 Å². The Morgan fingerprint density at radius 3 is 0.750 bits per heavy atom. The third-order valence-electron chi connectivity index (χ3n) is 0. The molecule has 0 aromatic rings. The number of rotatable bonds is 0. The summed E-state index contributed by atoms with van der Waals surface area (Å²) in [7, 11) is 0. The molecule has 0 heterocycles. The van der Waals surface area contributed by atoms with Crippen LogP contribution >= 0.6 is 0 Å². The molecule has 4 heteroatoms. The van der Waals surface area contributed by atoms with Crippen LogP contribution in [0.25, 0.3) is 0 Å². The van der Waals surface area contributed by atoms with E-state index >= 15 is 0 Å². The van der Waals surface area contributed by atoms with E-state index in [1.165, 1.54) is 0 Å². The van der Waals surface area contributed by atoms with Gasteiger partial charge in [0.2, 0.25) is 0 Å². The molecule has 0 saturated carbocycles. The molecule has 0 fully saturated rings. The van der Waals surface area contributed by atoms with Gasteiger partial charge in [0.15, 0.2) is 0 Å². The summed E-state index contributed by atoms with van der Waals surface area (Å²) in [6, 6.07) is 0. The first-order valence-corrected chi connectivity index (χ1v) is 0. The SMILES string of the molecule is [Al+3].[Nd+3].[O-2].[O-2]. The van der Waals surface area contributed by atoms with Gasteiger partial charge in [0.1, 0.15) is 0 Å². The van der Waals surface area contributed by atoms with Gasteiger partial charge in [-0.2, -0.15) is 0 Å². The first kappa shape index (κ1) is 41.2. The van der Waals surface area contributed by atoms with Crippen LogP contribution in [0.1, 0.15) is 0 Å². The summed E-state index contributed by atoms with van der Waals surface area (Å²) in [4.78, 5) is 0. The first-order valence-electron chi connectivity index (χ1n) is 0. The molecule has 0 atom stereocenters. The maximum absolute atomic E-state index is 0. The molecular weight excluding hydrogens is 203 g/mol.